The zero-order valence-corrected chi connectivity index (χ0v) is 17.3. The molecule has 0 bridgehead atoms. The molecule has 0 heterocycles. The maximum absolute atomic E-state index is 3.53. The van der Waals surface area contributed by atoms with Crippen LogP contribution in [0.3, 0.4) is 0 Å². The van der Waals surface area contributed by atoms with E-state index in [4.69, 9.17) is 0 Å². The molecule has 23 heavy (non-hydrogen) atoms. The lowest BCUT2D eigenvalue weighted by atomic mass is 10.0. The quantitative estimate of drug-likeness (QED) is 0.543. The minimum atomic E-state index is -1.41. The number of hydrogen-bond acceptors (Lipinski definition) is 0. The predicted molar refractivity (Wildman–Crippen MR) is 109 cm³/mol. The third-order valence-corrected chi connectivity index (χ3v) is 6.62. The van der Waals surface area contributed by atoms with Crippen molar-refractivity contribution in [2.24, 2.45) is 0 Å². The molecule has 0 N–H and O–H groups in total. The van der Waals surface area contributed by atoms with Crippen LogP contribution in [-0.4, -0.2) is 16.1 Å². The van der Waals surface area contributed by atoms with E-state index in [1.807, 2.05) is 0 Å². The molecule has 0 saturated carbocycles. The zero-order valence-electron chi connectivity index (χ0n) is 15.3. The molecule has 0 amide bonds. The Morgan fingerprint density at radius 2 is 1.43 bits per heavy atom. The molecular weight excluding hydrogens is 308 g/mol. The first-order valence-corrected chi connectivity index (χ1v) is 15.4. The van der Waals surface area contributed by atoms with Gasteiger partial charge in [0.1, 0.15) is 8.07 Å². The fraction of sp³-hybridized carbons (Fsp3) is 0.333. The zero-order chi connectivity index (χ0) is 17.1. The van der Waals surface area contributed by atoms with Crippen LogP contribution < -0.4 is 5.19 Å². The summed E-state index contributed by atoms with van der Waals surface area (Å²) in [4.78, 5) is 0. The highest BCUT2D eigenvalue weighted by molar-refractivity contribution is 6.89. The average Bonchev–Trinajstić information content (AvgIpc) is 2.45. The van der Waals surface area contributed by atoms with Gasteiger partial charge in [0.2, 0.25) is 0 Å². The molecule has 2 rings (SSSR count). The number of hydrogen-bond donors (Lipinski definition) is 0. The summed E-state index contributed by atoms with van der Waals surface area (Å²) in [5.41, 5.74) is 7.55. The molecule has 0 aromatic heterocycles. The van der Waals surface area contributed by atoms with Crippen LogP contribution in [0.25, 0.3) is 0 Å². The summed E-state index contributed by atoms with van der Waals surface area (Å²) in [6, 6.07) is 17.6. The Morgan fingerprint density at radius 1 is 0.783 bits per heavy atom. The highest BCUT2D eigenvalue weighted by Gasteiger charge is 2.20. The van der Waals surface area contributed by atoms with E-state index >= 15 is 0 Å². The van der Waals surface area contributed by atoms with Gasteiger partial charge in [-0.1, -0.05) is 87.7 Å². The van der Waals surface area contributed by atoms with Crippen molar-refractivity contribution in [1.29, 1.82) is 0 Å². The van der Waals surface area contributed by atoms with Gasteiger partial charge in [0, 0.05) is 5.56 Å². The van der Waals surface area contributed by atoms with Crippen LogP contribution in [-0.2, 0) is 6.42 Å². The number of rotatable bonds is 3. The molecule has 2 aromatic carbocycles. The topological polar surface area (TPSA) is 0 Å². The lowest BCUT2D eigenvalue weighted by Crippen LogP contribution is -2.40. The second kappa shape index (κ2) is 6.90. The highest BCUT2D eigenvalue weighted by Crippen LogP contribution is 2.13. The Labute approximate surface area is 144 Å². The largest absolute Gasteiger partial charge is 0.129 e. The normalized spacial score (nSPS) is 11.7. The Morgan fingerprint density at radius 3 is 2.00 bits per heavy atom. The lowest BCUT2D eigenvalue weighted by molar-refractivity contribution is 1.19. The van der Waals surface area contributed by atoms with Crippen molar-refractivity contribution in [2.75, 3.05) is 0 Å². The number of benzene rings is 2. The van der Waals surface area contributed by atoms with E-state index in [0.717, 1.165) is 6.42 Å². The average molecular weight is 337 g/mol. The summed E-state index contributed by atoms with van der Waals surface area (Å²) in [5.74, 6) is 3.50. The maximum Gasteiger partial charge on any atom is 0.129 e. The van der Waals surface area contributed by atoms with Crippen LogP contribution in [0, 0.1) is 11.5 Å². The molecule has 0 fully saturated rings. The Balaban J connectivity index is 2.40. The fourth-order valence-corrected chi connectivity index (χ4v) is 4.60. The summed E-state index contributed by atoms with van der Waals surface area (Å²) in [5, 5.41) is 1.50. The monoisotopic (exact) mass is 336 g/mol. The molecule has 0 nitrogen and oxygen atoms in total. The van der Waals surface area contributed by atoms with Crippen molar-refractivity contribution in [3.63, 3.8) is 0 Å². The molecule has 0 radical (unpaired) electrons. The van der Waals surface area contributed by atoms with Crippen LogP contribution in [0.2, 0.25) is 39.3 Å². The van der Waals surface area contributed by atoms with Crippen molar-refractivity contribution in [1.82, 2.24) is 0 Å². The first-order chi connectivity index (χ1) is 10.6. The van der Waals surface area contributed by atoms with E-state index in [0.29, 0.717) is 0 Å². The summed E-state index contributed by atoms with van der Waals surface area (Å²) in [7, 11) is -2.75. The van der Waals surface area contributed by atoms with E-state index in [9.17, 15) is 0 Å². The molecule has 0 spiro atoms. The third kappa shape index (κ3) is 5.53. The molecule has 0 aliphatic heterocycles. The van der Waals surface area contributed by atoms with Crippen molar-refractivity contribution in [3.8, 4) is 11.5 Å². The van der Waals surface area contributed by atoms with Crippen molar-refractivity contribution in [2.45, 2.75) is 45.7 Å². The van der Waals surface area contributed by atoms with E-state index in [-0.39, 0.29) is 0 Å². The van der Waals surface area contributed by atoms with Crippen LogP contribution in [0.4, 0.5) is 0 Å². The summed E-state index contributed by atoms with van der Waals surface area (Å²) < 4.78 is 0. The van der Waals surface area contributed by atoms with Crippen LogP contribution in [0.5, 0.6) is 0 Å². The fourth-order valence-electron chi connectivity index (χ4n) is 2.52. The molecule has 2 heteroatoms. The van der Waals surface area contributed by atoms with Crippen LogP contribution in [0.1, 0.15) is 16.7 Å². The van der Waals surface area contributed by atoms with Gasteiger partial charge >= 0.3 is 0 Å². The third-order valence-electron chi connectivity index (χ3n) is 3.72. The Hall–Kier alpha value is -1.57. The molecule has 0 aliphatic rings. The minimum absolute atomic E-state index is 1.00. The van der Waals surface area contributed by atoms with Gasteiger partial charge in [0.15, 0.2) is 0 Å². The molecule has 0 aliphatic carbocycles. The summed E-state index contributed by atoms with van der Waals surface area (Å²) in [6.07, 6.45) is 1.00. The molecule has 120 valence electrons. The second-order valence-electron chi connectivity index (χ2n) is 8.29. The molecule has 0 saturated heterocycles. The van der Waals surface area contributed by atoms with Gasteiger partial charge < -0.3 is 0 Å². The van der Waals surface area contributed by atoms with E-state index < -0.39 is 16.1 Å². The van der Waals surface area contributed by atoms with Crippen molar-refractivity contribution >= 4 is 21.3 Å². The highest BCUT2D eigenvalue weighted by atomic mass is 28.3. The second-order valence-corrected chi connectivity index (χ2v) is 18.1. The van der Waals surface area contributed by atoms with Gasteiger partial charge in [-0.05, 0) is 28.8 Å². The molecule has 0 atom stereocenters. The Bertz CT molecular complexity index is 720. The summed E-state index contributed by atoms with van der Waals surface area (Å²) >= 11 is 0. The predicted octanol–water partition coefficient (Wildman–Crippen LogP) is 5.05. The van der Waals surface area contributed by atoms with Crippen LogP contribution in [0.15, 0.2) is 48.5 Å². The van der Waals surface area contributed by atoms with Gasteiger partial charge in [-0.2, -0.15) is 0 Å². The van der Waals surface area contributed by atoms with Gasteiger partial charge in [0.05, 0.1) is 8.07 Å². The smallest absolute Gasteiger partial charge is 0.127 e. The van der Waals surface area contributed by atoms with Crippen molar-refractivity contribution in [3.05, 3.63) is 65.2 Å². The van der Waals surface area contributed by atoms with Gasteiger partial charge in [-0.25, -0.2) is 0 Å². The molecule has 2 aromatic rings. The first kappa shape index (κ1) is 17.8. The van der Waals surface area contributed by atoms with Crippen molar-refractivity contribution < 1.29 is 0 Å². The van der Waals surface area contributed by atoms with Gasteiger partial charge in [-0.15, -0.1) is 5.54 Å². The van der Waals surface area contributed by atoms with E-state index in [1.54, 1.807) is 0 Å². The van der Waals surface area contributed by atoms with Crippen LogP contribution >= 0.6 is 0 Å². The molecular formula is C21H28Si2. The maximum atomic E-state index is 3.53. The molecule has 0 unspecified atom stereocenters. The Kier molecular flexibility index (Phi) is 5.34. The summed E-state index contributed by atoms with van der Waals surface area (Å²) in [6.45, 7) is 14.1. The van der Waals surface area contributed by atoms with E-state index in [2.05, 4.69) is 99.3 Å². The standard InChI is InChI=1S/C21H28Si2/c1-22(2,3)15-14-20-13-12-19(17-21(20)23(4,5)6)16-18-10-8-7-9-11-18/h7-13,17H,16H2,1-6H3. The van der Waals surface area contributed by atoms with E-state index in [1.165, 1.54) is 21.9 Å². The minimum Gasteiger partial charge on any atom is -0.127 e. The van der Waals surface area contributed by atoms with Gasteiger partial charge in [-0.3, -0.25) is 0 Å². The SMILES string of the molecule is C[Si](C)(C)C#Cc1ccc(Cc2ccccc2)cc1[Si](C)(C)C. The lowest BCUT2D eigenvalue weighted by Gasteiger charge is -2.20. The first-order valence-electron chi connectivity index (χ1n) is 8.36. The van der Waals surface area contributed by atoms with Gasteiger partial charge in [0.25, 0.3) is 0 Å².